The zero-order valence-corrected chi connectivity index (χ0v) is 5.97. The van der Waals surface area contributed by atoms with Gasteiger partial charge in [-0.15, -0.1) is 0 Å². The lowest BCUT2D eigenvalue weighted by molar-refractivity contribution is -0.148. The average molecular weight is 184 g/mol. The van der Waals surface area contributed by atoms with E-state index in [0.717, 1.165) is 0 Å². The summed E-state index contributed by atoms with van der Waals surface area (Å²) in [7, 11) is -4.90. The van der Waals surface area contributed by atoms with E-state index in [1.807, 2.05) is 0 Å². The first kappa shape index (κ1) is 10.2. The minimum atomic E-state index is -4.90. The Balaban J connectivity index is 4.21. The van der Waals surface area contributed by atoms with Gasteiger partial charge in [0.25, 0.3) is 0 Å². The van der Waals surface area contributed by atoms with Crippen molar-refractivity contribution in [2.75, 3.05) is 0 Å². The zero-order chi connectivity index (χ0) is 9.07. The zero-order valence-electron chi connectivity index (χ0n) is 5.08. The van der Waals surface area contributed by atoms with Crippen LogP contribution in [0.5, 0.6) is 0 Å². The molecule has 0 aliphatic carbocycles. The predicted molar refractivity (Wildman–Crippen MR) is 30.6 cm³/mol. The third-order valence-corrected chi connectivity index (χ3v) is 1.12. The number of phosphoric ester groups is 1. The van der Waals surface area contributed by atoms with Crippen molar-refractivity contribution in [3.63, 3.8) is 0 Å². The lowest BCUT2D eigenvalue weighted by atomic mass is 10.4. The lowest BCUT2D eigenvalue weighted by Gasteiger charge is -2.06. The van der Waals surface area contributed by atoms with Gasteiger partial charge in [0.15, 0.2) is 6.29 Å². The van der Waals surface area contributed by atoms with Crippen LogP contribution in [0.25, 0.3) is 0 Å². The number of carbonyl (C=O) groups is 2. The Morgan fingerprint density at radius 1 is 1.55 bits per heavy atom. The largest absolute Gasteiger partial charge is 0.479 e. The maximum absolute atomic E-state index is 9.96. The Bertz CT molecular complexity index is 204. The third-order valence-electron chi connectivity index (χ3n) is 0.618. The topological polar surface area (TPSA) is 121 Å². The van der Waals surface area contributed by atoms with Crippen LogP contribution in [0, 0.1) is 0 Å². The van der Waals surface area contributed by atoms with Gasteiger partial charge >= 0.3 is 13.8 Å². The molecular formula is C3H5O7P. The van der Waals surface area contributed by atoms with Crippen molar-refractivity contribution in [1.82, 2.24) is 0 Å². The molecule has 0 heterocycles. The first-order valence-electron chi connectivity index (χ1n) is 2.29. The summed E-state index contributed by atoms with van der Waals surface area (Å²) < 4.78 is 13.5. The molecule has 8 heteroatoms. The Labute approximate surface area is 60.8 Å². The second-order valence-corrected chi connectivity index (χ2v) is 2.68. The van der Waals surface area contributed by atoms with E-state index < -0.39 is 19.9 Å². The van der Waals surface area contributed by atoms with E-state index in [4.69, 9.17) is 14.9 Å². The summed E-state index contributed by atoms with van der Waals surface area (Å²) in [5.41, 5.74) is 0. The maximum Gasteiger partial charge on any atom is 0.470 e. The van der Waals surface area contributed by atoms with Gasteiger partial charge in [-0.3, -0.25) is 9.32 Å². The molecule has 0 rings (SSSR count). The monoisotopic (exact) mass is 184 g/mol. The molecule has 64 valence electrons. The van der Waals surface area contributed by atoms with Gasteiger partial charge in [-0.25, -0.2) is 9.36 Å². The quantitative estimate of drug-likeness (QED) is 0.283. The Hall–Kier alpha value is -0.750. The molecule has 0 aromatic carbocycles. The van der Waals surface area contributed by atoms with Crippen LogP contribution in [-0.4, -0.2) is 33.3 Å². The highest BCUT2D eigenvalue weighted by atomic mass is 31.2. The van der Waals surface area contributed by atoms with Gasteiger partial charge < -0.3 is 14.9 Å². The van der Waals surface area contributed by atoms with Crippen LogP contribution < -0.4 is 0 Å². The van der Waals surface area contributed by atoms with Crippen LogP contribution in [0.3, 0.4) is 0 Å². The molecule has 0 bridgehead atoms. The molecular weight excluding hydrogens is 179 g/mol. The summed E-state index contributed by atoms with van der Waals surface area (Å²) in [6.07, 6.45) is -2.34. The molecule has 1 unspecified atom stereocenters. The Morgan fingerprint density at radius 3 is 2.09 bits per heavy atom. The summed E-state index contributed by atoms with van der Waals surface area (Å²) in [5, 5.41) is 8.04. The molecule has 0 amide bonds. The smallest absolute Gasteiger partial charge is 0.470 e. The number of carboxylic acid groups (broad SMARTS) is 1. The molecule has 0 saturated heterocycles. The fourth-order valence-electron chi connectivity index (χ4n) is 0.276. The van der Waals surface area contributed by atoms with Gasteiger partial charge in [0.1, 0.15) is 0 Å². The molecule has 0 aromatic heterocycles. The molecule has 0 radical (unpaired) electrons. The average Bonchev–Trinajstić information content (AvgIpc) is 1.80. The van der Waals surface area contributed by atoms with E-state index in [1.165, 1.54) is 0 Å². The summed E-state index contributed by atoms with van der Waals surface area (Å²) in [6.45, 7) is 0. The van der Waals surface area contributed by atoms with Crippen molar-refractivity contribution < 1.29 is 33.6 Å². The summed E-state index contributed by atoms with van der Waals surface area (Å²) >= 11 is 0. The molecule has 0 aliphatic rings. The van der Waals surface area contributed by atoms with Crippen molar-refractivity contribution in [2.45, 2.75) is 6.10 Å². The number of aldehydes is 1. The lowest BCUT2D eigenvalue weighted by Crippen LogP contribution is -2.23. The minimum absolute atomic E-state index is 0.221. The first-order chi connectivity index (χ1) is 4.87. The molecule has 0 fully saturated rings. The Morgan fingerprint density at radius 2 is 2.00 bits per heavy atom. The highest BCUT2D eigenvalue weighted by Crippen LogP contribution is 2.37. The molecule has 11 heavy (non-hydrogen) atoms. The van der Waals surface area contributed by atoms with E-state index in [0.29, 0.717) is 0 Å². The molecule has 7 nitrogen and oxygen atoms in total. The van der Waals surface area contributed by atoms with Crippen molar-refractivity contribution in [2.24, 2.45) is 0 Å². The van der Waals surface area contributed by atoms with Crippen LogP contribution in [0.1, 0.15) is 0 Å². The number of hydrogen-bond acceptors (Lipinski definition) is 4. The van der Waals surface area contributed by atoms with Crippen LogP contribution in [0.2, 0.25) is 0 Å². The van der Waals surface area contributed by atoms with Gasteiger partial charge in [-0.1, -0.05) is 0 Å². The van der Waals surface area contributed by atoms with Gasteiger partial charge in [0.2, 0.25) is 6.10 Å². The number of hydrogen-bond donors (Lipinski definition) is 3. The standard InChI is InChI=1S/C3H5O7P/c4-1-2(3(5)6)10-11(7,8)9/h1-2H,(H,5,6)(H2,7,8,9). The summed E-state index contributed by atoms with van der Waals surface area (Å²) in [5.74, 6) is -1.75. The second-order valence-electron chi connectivity index (χ2n) is 1.49. The molecule has 3 N–H and O–H groups in total. The fourth-order valence-corrected chi connectivity index (χ4v) is 0.712. The van der Waals surface area contributed by atoms with E-state index in [2.05, 4.69) is 4.52 Å². The minimum Gasteiger partial charge on any atom is -0.479 e. The number of rotatable bonds is 4. The molecule has 0 aromatic rings. The van der Waals surface area contributed by atoms with E-state index >= 15 is 0 Å². The number of carboxylic acids is 1. The first-order valence-corrected chi connectivity index (χ1v) is 3.82. The van der Waals surface area contributed by atoms with E-state index in [9.17, 15) is 14.2 Å². The van der Waals surface area contributed by atoms with Crippen molar-refractivity contribution in [1.29, 1.82) is 0 Å². The fraction of sp³-hybridized carbons (Fsp3) is 0.333. The number of carbonyl (C=O) groups excluding carboxylic acids is 1. The third kappa shape index (κ3) is 4.63. The molecule has 1 atom stereocenters. The highest BCUT2D eigenvalue weighted by Gasteiger charge is 2.27. The molecule has 0 saturated carbocycles. The van der Waals surface area contributed by atoms with Crippen molar-refractivity contribution in [3.8, 4) is 0 Å². The SMILES string of the molecule is O=CC(OP(=O)(O)O)C(=O)O. The predicted octanol–water partition coefficient (Wildman–Crippen LogP) is -1.25. The van der Waals surface area contributed by atoms with Crippen LogP contribution in [0.4, 0.5) is 0 Å². The van der Waals surface area contributed by atoms with E-state index in [-0.39, 0.29) is 6.29 Å². The van der Waals surface area contributed by atoms with Gasteiger partial charge in [0, 0.05) is 0 Å². The van der Waals surface area contributed by atoms with Crippen molar-refractivity contribution in [3.05, 3.63) is 0 Å². The number of aliphatic carboxylic acids is 1. The second kappa shape index (κ2) is 3.59. The highest BCUT2D eigenvalue weighted by molar-refractivity contribution is 7.46. The van der Waals surface area contributed by atoms with Crippen LogP contribution in [-0.2, 0) is 18.7 Å². The van der Waals surface area contributed by atoms with E-state index in [1.54, 1.807) is 0 Å². The molecule has 0 spiro atoms. The normalized spacial score (nSPS) is 14.0. The molecule has 0 aliphatic heterocycles. The van der Waals surface area contributed by atoms with Crippen molar-refractivity contribution >= 4 is 20.1 Å². The summed E-state index contributed by atoms with van der Waals surface area (Å²) in [4.78, 5) is 35.8. The van der Waals surface area contributed by atoms with Gasteiger partial charge in [0.05, 0.1) is 0 Å². The van der Waals surface area contributed by atoms with Gasteiger partial charge in [-0.2, -0.15) is 0 Å². The maximum atomic E-state index is 9.96. The van der Waals surface area contributed by atoms with Crippen LogP contribution >= 0.6 is 7.82 Å². The van der Waals surface area contributed by atoms with Crippen LogP contribution in [0.15, 0.2) is 0 Å². The van der Waals surface area contributed by atoms with Gasteiger partial charge in [-0.05, 0) is 0 Å². The Kier molecular flexibility index (Phi) is 3.34. The summed E-state index contributed by atoms with van der Waals surface area (Å²) in [6, 6.07) is 0. The number of phosphoric acid groups is 1.